The van der Waals surface area contributed by atoms with Gasteiger partial charge in [-0.2, -0.15) is 0 Å². The minimum atomic E-state index is -0.239. The smallest absolute Gasteiger partial charge is 0.328 e. The highest BCUT2D eigenvalue weighted by atomic mass is 32.1. The maximum atomic E-state index is 12.4. The van der Waals surface area contributed by atoms with Gasteiger partial charge in [-0.05, 0) is 18.6 Å². The summed E-state index contributed by atoms with van der Waals surface area (Å²) in [5, 5.41) is 12.1. The first-order valence-electron chi connectivity index (χ1n) is 6.69. The number of carbonyl (C=O) groups is 1. The van der Waals surface area contributed by atoms with Crippen LogP contribution in [0.5, 0.6) is 0 Å². The summed E-state index contributed by atoms with van der Waals surface area (Å²) in [6.07, 6.45) is 0.805. The molecule has 1 heterocycles. The Labute approximate surface area is 127 Å². The van der Waals surface area contributed by atoms with E-state index in [1.807, 2.05) is 37.3 Å². The van der Waals surface area contributed by atoms with Crippen molar-refractivity contribution >= 4 is 28.2 Å². The molecule has 0 unspecified atom stereocenters. The van der Waals surface area contributed by atoms with Crippen LogP contribution >= 0.6 is 11.3 Å². The Morgan fingerprint density at radius 3 is 2.71 bits per heavy atom. The number of hydrogen-bond donors (Lipinski definition) is 1. The zero-order chi connectivity index (χ0) is 15.1. The van der Waals surface area contributed by atoms with Crippen molar-refractivity contribution in [3.05, 3.63) is 35.3 Å². The number of nitrogens with one attached hydrogen (secondary N) is 1. The van der Waals surface area contributed by atoms with Gasteiger partial charge in [0, 0.05) is 12.8 Å². The number of amides is 2. The van der Waals surface area contributed by atoms with Crippen LogP contribution in [0.1, 0.15) is 11.9 Å². The van der Waals surface area contributed by atoms with E-state index in [9.17, 15) is 4.79 Å². The van der Waals surface area contributed by atoms with Crippen molar-refractivity contribution in [3.8, 4) is 0 Å². The fourth-order valence-corrected chi connectivity index (χ4v) is 2.41. The summed E-state index contributed by atoms with van der Waals surface area (Å²) in [6, 6.07) is 9.22. The Balaban J connectivity index is 2.10. The van der Waals surface area contributed by atoms with Gasteiger partial charge in [0.25, 0.3) is 0 Å². The molecule has 6 nitrogen and oxygen atoms in total. The van der Waals surface area contributed by atoms with Crippen LogP contribution in [-0.2, 0) is 11.2 Å². The number of methoxy groups -OCH3 is 1. The molecule has 2 aromatic rings. The average Bonchev–Trinajstić information content (AvgIpc) is 2.96. The molecular formula is C14H18N4O2S. The fourth-order valence-electron chi connectivity index (χ4n) is 1.74. The standard InChI is InChI=1S/C14H18N4O2S/c1-3-12-16-17-13(21-12)15-14(19)18(9-10-20-2)11-7-5-4-6-8-11/h4-8H,3,9-10H2,1-2H3,(H,15,17,19). The number of anilines is 2. The van der Waals surface area contributed by atoms with Gasteiger partial charge in [-0.1, -0.05) is 36.5 Å². The van der Waals surface area contributed by atoms with Crippen LogP contribution in [0.3, 0.4) is 0 Å². The molecule has 0 radical (unpaired) electrons. The van der Waals surface area contributed by atoms with E-state index in [0.717, 1.165) is 17.1 Å². The highest BCUT2D eigenvalue weighted by Crippen LogP contribution is 2.18. The third kappa shape index (κ3) is 4.24. The molecule has 0 saturated heterocycles. The molecule has 112 valence electrons. The topological polar surface area (TPSA) is 67.4 Å². The highest BCUT2D eigenvalue weighted by molar-refractivity contribution is 7.15. The molecule has 2 amide bonds. The summed E-state index contributed by atoms with van der Waals surface area (Å²) in [5.74, 6) is 0. The van der Waals surface area contributed by atoms with E-state index in [1.54, 1.807) is 12.0 Å². The van der Waals surface area contributed by atoms with E-state index in [1.165, 1.54) is 11.3 Å². The zero-order valence-electron chi connectivity index (χ0n) is 12.1. The number of nitrogens with zero attached hydrogens (tertiary/aromatic N) is 3. The molecule has 7 heteroatoms. The summed E-state index contributed by atoms with van der Waals surface area (Å²) in [6.45, 7) is 2.92. The number of carbonyl (C=O) groups excluding carboxylic acids is 1. The maximum absolute atomic E-state index is 12.4. The van der Waals surface area contributed by atoms with E-state index in [2.05, 4.69) is 15.5 Å². The average molecular weight is 306 g/mol. The van der Waals surface area contributed by atoms with Gasteiger partial charge in [-0.15, -0.1) is 10.2 Å². The molecule has 0 aliphatic heterocycles. The van der Waals surface area contributed by atoms with Crippen LogP contribution in [0.15, 0.2) is 30.3 Å². The van der Waals surface area contributed by atoms with E-state index >= 15 is 0 Å². The van der Waals surface area contributed by atoms with Crippen molar-refractivity contribution in [3.63, 3.8) is 0 Å². The number of ether oxygens (including phenoxy) is 1. The van der Waals surface area contributed by atoms with Gasteiger partial charge in [0.1, 0.15) is 5.01 Å². The normalized spacial score (nSPS) is 10.4. The number of para-hydroxylation sites is 1. The number of rotatable bonds is 6. The molecule has 0 aliphatic carbocycles. The van der Waals surface area contributed by atoms with Crippen LogP contribution < -0.4 is 10.2 Å². The van der Waals surface area contributed by atoms with Crippen molar-refractivity contribution in [1.29, 1.82) is 0 Å². The van der Waals surface area contributed by atoms with E-state index in [-0.39, 0.29) is 6.03 Å². The van der Waals surface area contributed by atoms with Crippen molar-refractivity contribution in [2.75, 3.05) is 30.5 Å². The van der Waals surface area contributed by atoms with Crippen LogP contribution in [0.2, 0.25) is 0 Å². The second-order valence-electron chi connectivity index (χ2n) is 4.26. The van der Waals surface area contributed by atoms with Crippen molar-refractivity contribution in [2.45, 2.75) is 13.3 Å². The molecule has 0 bridgehead atoms. The highest BCUT2D eigenvalue weighted by Gasteiger charge is 2.17. The second-order valence-corrected chi connectivity index (χ2v) is 5.33. The molecular weight excluding hydrogens is 288 g/mol. The summed E-state index contributed by atoms with van der Waals surface area (Å²) in [7, 11) is 1.61. The SMILES string of the molecule is CCc1nnc(NC(=O)N(CCOC)c2ccccc2)s1. The first-order chi connectivity index (χ1) is 10.2. The largest absolute Gasteiger partial charge is 0.383 e. The molecule has 0 spiro atoms. The van der Waals surface area contributed by atoms with Crippen molar-refractivity contribution < 1.29 is 9.53 Å². The van der Waals surface area contributed by atoms with Gasteiger partial charge in [-0.3, -0.25) is 10.2 Å². The monoisotopic (exact) mass is 306 g/mol. The van der Waals surface area contributed by atoms with Crippen LogP contribution in [-0.4, -0.2) is 36.5 Å². The lowest BCUT2D eigenvalue weighted by atomic mass is 10.3. The molecule has 1 N–H and O–H groups in total. The third-order valence-corrected chi connectivity index (χ3v) is 3.80. The lowest BCUT2D eigenvalue weighted by Crippen LogP contribution is -2.37. The van der Waals surface area contributed by atoms with Gasteiger partial charge in [0.2, 0.25) is 5.13 Å². The van der Waals surface area contributed by atoms with Gasteiger partial charge in [0.05, 0.1) is 13.2 Å². The number of hydrogen-bond acceptors (Lipinski definition) is 5. The first kappa shape index (κ1) is 15.4. The lowest BCUT2D eigenvalue weighted by Gasteiger charge is -2.22. The van der Waals surface area contributed by atoms with Gasteiger partial charge < -0.3 is 4.74 Å². The Bertz CT molecular complexity index is 573. The van der Waals surface area contributed by atoms with E-state index in [4.69, 9.17) is 4.74 Å². The summed E-state index contributed by atoms with van der Waals surface area (Å²) < 4.78 is 5.07. The number of urea groups is 1. The van der Waals surface area contributed by atoms with Gasteiger partial charge in [0.15, 0.2) is 0 Å². The Kier molecular flexibility index (Phi) is 5.65. The van der Waals surface area contributed by atoms with Gasteiger partial charge in [-0.25, -0.2) is 4.79 Å². The van der Waals surface area contributed by atoms with Crippen molar-refractivity contribution in [1.82, 2.24) is 10.2 Å². The first-order valence-corrected chi connectivity index (χ1v) is 7.51. The molecule has 0 saturated carbocycles. The molecule has 2 rings (SSSR count). The molecule has 1 aromatic heterocycles. The summed E-state index contributed by atoms with van der Waals surface area (Å²) in [4.78, 5) is 14.0. The van der Waals surface area contributed by atoms with Gasteiger partial charge >= 0.3 is 6.03 Å². The van der Waals surface area contributed by atoms with Crippen LogP contribution in [0.25, 0.3) is 0 Å². The Hall–Kier alpha value is -1.99. The lowest BCUT2D eigenvalue weighted by molar-refractivity contribution is 0.204. The Morgan fingerprint density at radius 1 is 1.33 bits per heavy atom. The molecule has 21 heavy (non-hydrogen) atoms. The number of aromatic nitrogens is 2. The molecule has 0 aliphatic rings. The predicted octanol–water partition coefficient (Wildman–Crippen LogP) is 2.79. The maximum Gasteiger partial charge on any atom is 0.328 e. The van der Waals surface area contributed by atoms with E-state index < -0.39 is 0 Å². The van der Waals surface area contributed by atoms with Crippen LogP contribution in [0.4, 0.5) is 15.6 Å². The van der Waals surface area contributed by atoms with Crippen LogP contribution in [0, 0.1) is 0 Å². The fraction of sp³-hybridized carbons (Fsp3) is 0.357. The van der Waals surface area contributed by atoms with E-state index in [0.29, 0.717) is 18.3 Å². The molecule has 0 atom stereocenters. The number of benzene rings is 1. The zero-order valence-corrected chi connectivity index (χ0v) is 12.9. The Morgan fingerprint density at radius 2 is 2.10 bits per heavy atom. The molecule has 0 fully saturated rings. The second kappa shape index (κ2) is 7.70. The summed E-state index contributed by atoms with van der Waals surface area (Å²) in [5.41, 5.74) is 0.812. The third-order valence-electron chi connectivity index (χ3n) is 2.82. The minimum Gasteiger partial charge on any atom is -0.383 e. The quantitative estimate of drug-likeness (QED) is 0.891. The minimum absolute atomic E-state index is 0.239. The van der Waals surface area contributed by atoms with Crippen molar-refractivity contribution in [2.24, 2.45) is 0 Å². The predicted molar refractivity (Wildman–Crippen MR) is 84.0 cm³/mol. The number of aryl methyl sites for hydroxylation is 1. The molecule has 1 aromatic carbocycles. The summed E-state index contributed by atoms with van der Waals surface area (Å²) >= 11 is 1.39.